The van der Waals surface area contributed by atoms with E-state index in [-0.39, 0.29) is 5.41 Å². The zero-order valence-corrected chi connectivity index (χ0v) is 25.6. The maximum Gasteiger partial charge on any atom is 0.0721 e. The van der Waals surface area contributed by atoms with Crippen molar-refractivity contribution in [3.63, 3.8) is 0 Å². The van der Waals surface area contributed by atoms with Crippen LogP contribution in [0, 0.1) is 0 Å². The summed E-state index contributed by atoms with van der Waals surface area (Å²) in [6.45, 7) is 4.71. The molecule has 7 aromatic rings. The van der Waals surface area contributed by atoms with E-state index in [0.29, 0.717) is 0 Å². The van der Waals surface area contributed by atoms with Crippen LogP contribution in [0.15, 0.2) is 135 Å². The van der Waals surface area contributed by atoms with Crippen molar-refractivity contribution in [1.82, 2.24) is 4.98 Å². The molecule has 0 N–H and O–H groups in total. The van der Waals surface area contributed by atoms with Crippen molar-refractivity contribution in [1.29, 1.82) is 0 Å². The van der Waals surface area contributed by atoms with E-state index in [9.17, 15) is 0 Å². The SMILES string of the molecule is CC1(C)c2ccccc2-c2c1ccc1c2Sc2c(cccc2-c2cccc(-c3ccc4sc5ccccc5c4c3)n2)S1. The number of hydrogen-bond acceptors (Lipinski definition) is 4. The van der Waals surface area contributed by atoms with Gasteiger partial charge in [0.25, 0.3) is 0 Å². The summed E-state index contributed by atoms with van der Waals surface area (Å²) in [6, 6.07) is 42.2. The largest absolute Gasteiger partial charge is 0.248 e. The van der Waals surface area contributed by atoms with Gasteiger partial charge in [-0.2, -0.15) is 0 Å². The van der Waals surface area contributed by atoms with Gasteiger partial charge in [-0.1, -0.05) is 110 Å². The molecule has 0 unspecified atom stereocenters. The molecule has 0 saturated carbocycles. The highest BCUT2D eigenvalue weighted by Gasteiger charge is 2.38. The van der Waals surface area contributed by atoms with E-state index in [2.05, 4.69) is 129 Å². The summed E-state index contributed by atoms with van der Waals surface area (Å²) in [6.07, 6.45) is 0. The fourth-order valence-corrected chi connectivity index (χ4v) is 10.3. The Balaban J connectivity index is 1.16. The fourth-order valence-electron chi connectivity index (χ4n) is 6.68. The highest BCUT2D eigenvalue weighted by molar-refractivity contribution is 8.05. The van der Waals surface area contributed by atoms with Gasteiger partial charge in [-0.25, -0.2) is 4.98 Å². The second-order valence-electron chi connectivity index (χ2n) is 11.5. The predicted octanol–water partition coefficient (Wildman–Crippen LogP) is 11.7. The minimum atomic E-state index is -0.00323. The van der Waals surface area contributed by atoms with Crippen molar-refractivity contribution in [2.75, 3.05) is 0 Å². The molecule has 1 aliphatic heterocycles. The topological polar surface area (TPSA) is 12.9 Å². The van der Waals surface area contributed by atoms with Crippen LogP contribution in [0.3, 0.4) is 0 Å². The number of fused-ring (bicyclic) bond motifs is 9. The lowest BCUT2D eigenvalue weighted by atomic mass is 9.82. The van der Waals surface area contributed by atoms with E-state index in [1.807, 2.05) is 34.9 Å². The molecule has 2 aromatic heterocycles. The maximum atomic E-state index is 5.26. The van der Waals surface area contributed by atoms with Crippen LogP contribution in [0.5, 0.6) is 0 Å². The Morgan fingerprint density at radius 3 is 2.26 bits per heavy atom. The number of nitrogens with zero attached hydrogens (tertiary/aromatic N) is 1. The van der Waals surface area contributed by atoms with Gasteiger partial charge >= 0.3 is 0 Å². The summed E-state index contributed by atoms with van der Waals surface area (Å²) < 4.78 is 2.65. The first-order chi connectivity index (χ1) is 20.6. The van der Waals surface area contributed by atoms with Crippen LogP contribution in [0.1, 0.15) is 25.0 Å². The second-order valence-corrected chi connectivity index (χ2v) is 14.7. The molecule has 42 heavy (non-hydrogen) atoms. The standard InChI is InChI=1S/C38H25NS3/c1-38(2)27-12-5-3-10-24(27)35-28(38)18-20-34-37(35)42-36-25(11-7-16-33(36)41-34)30-14-8-13-29(39-30)22-17-19-32-26(21-22)23-9-4-6-15-31(23)40-32/h3-21H,1-2H3. The van der Waals surface area contributed by atoms with Gasteiger partial charge in [-0.05, 0) is 59.2 Å². The van der Waals surface area contributed by atoms with Gasteiger partial charge in [0.1, 0.15) is 0 Å². The minimum Gasteiger partial charge on any atom is -0.248 e. The Morgan fingerprint density at radius 1 is 0.548 bits per heavy atom. The van der Waals surface area contributed by atoms with Crippen molar-refractivity contribution < 1.29 is 0 Å². The van der Waals surface area contributed by atoms with Crippen LogP contribution >= 0.6 is 34.9 Å². The van der Waals surface area contributed by atoms with E-state index >= 15 is 0 Å². The molecule has 0 amide bonds. The number of thiophene rings is 1. The van der Waals surface area contributed by atoms with Gasteiger partial charge < -0.3 is 0 Å². The Labute approximate surface area is 257 Å². The maximum absolute atomic E-state index is 5.26. The first-order valence-corrected chi connectivity index (χ1v) is 16.7. The molecular weight excluding hydrogens is 567 g/mol. The number of benzene rings is 5. The Kier molecular flexibility index (Phi) is 5.35. The number of aromatic nitrogens is 1. The number of hydrogen-bond donors (Lipinski definition) is 0. The molecule has 0 bridgehead atoms. The van der Waals surface area contributed by atoms with Gasteiger partial charge in [-0.15, -0.1) is 11.3 Å². The molecule has 0 fully saturated rings. The van der Waals surface area contributed by atoms with Crippen molar-refractivity contribution in [3.05, 3.63) is 126 Å². The molecule has 2 aliphatic rings. The lowest BCUT2D eigenvalue weighted by molar-refractivity contribution is 0.659. The Bertz CT molecular complexity index is 2240. The zero-order valence-electron chi connectivity index (χ0n) is 23.1. The van der Waals surface area contributed by atoms with Crippen molar-refractivity contribution in [2.24, 2.45) is 0 Å². The van der Waals surface area contributed by atoms with Crippen LogP contribution in [0.4, 0.5) is 0 Å². The number of rotatable bonds is 2. The summed E-state index contributed by atoms with van der Waals surface area (Å²) in [5.41, 5.74) is 10.00. The van der Waals surface area contributed by atoms with Gasteiger partial charge in [0.2, 0.25) is 0 Å². The first kappa shape index (κ1) is 24.7. The zero-order chi connectivity index (χ0) is 28.0. The van der Waals surface area contributed by atoms with Crippen molar-refractivity contribution >= 4 is 55.0 Å². The number of pyridine rings is 1. The molecule has 0 atom stereocenters. The molecule has 4 heteroatoms. The van der Waals surface area contributed by atoms with Crippen LogP contribution in [0.25, 0.3) is 53.8 Å². The smallest absolute Gasteiger partial charge is 0.0721 e. The average Bonchev–Trinajstić information content (AvgIpc) is 3.52. The van der Waals surface area contributed by atoms with Gasteiger partial charge in [-0.3, -0.25) is 0 Å². The van der Waals surface area contributed by atoms with Gasteiger partial charge in [0, 0.05) is 61.9 Å². The van der Waals surface area contributed by atoms with E-state index in [4.69, 9.17) is 4.98 Å². The van der Waals surface area contributed by atoms with Crippen LogP contribution in [0.2, 0.25) is 0 Å². The van der Waals surface area contributed by atoms with E-state index in [1.165, 1.54) is 67.6 Å². The Hall–Kier alpha value is -3.83. The molecule has 0 radical (unpaired) electrons. The third-order valence-corrected chi connectivity index (χ3v) is 12.6. The lowest BCUT2D eigenvalue weighted by Gasteiger charge is -2.25. The third kappa shape index (κ3) is 3.56. The average molecular weight is 592 g/mol. The van der Waals surface area contributed by atoms with Crippen molar-refractivity contribution in [3.8, 4) is 33.6 Å². The highest BCUT2D eigenvalue weighted by Crippen LogP contribution is 2.59. The monoisotopic (exact) mass is 591 g/mol. The summed E-state index contributed by atoms with van der Waals surface area (Å²) in [7, 11) is 0. The van der Waals surface area contributed by atoms with Gasteiger partial charge in [0.15, 0.2) is 0 Å². The Morgan fingerprint density at radius 2 is 1.31 bits per heavy atom. The van der Waals surface area contributed by atoms with E-state index < -0.39 is 0 Å². The van der Waals surface area contributed by atoms with Crippen LogP contribution in [-0.4, -0.2) is 4.98 Å². The molecular formula is C38H25NS3. The first-order valence-electron chi connectivity index (χ1n) is 14.2. The molecule has 0 spiro atoms. The summed E-state index contributed by atoms with van der Waals surface area (Å²) in [5, 5.41) is 2.62. The lowest BCUT2D eigenvalue weighted by Crippen LogP contribution is -2.14. The highest BCUT2D eigenvalue weighted by atomic mass is 32.2. The van der Waals surface area contributed by atoms with Crippen LogP contribution < -0.4 is 0 Å². The van der Waals surface area contributed by atoms with E-state index in [1.54, 1.807) is 0 Å². The molecule has 9 rings (SSSR count). The molecule has 3 heterocycles. The van der Waals surface area contributed by atoms with Gasteiger partial charge in [0.05, 0.1) is 11.4 Å². The summed E-state index contributed by atoms with van der Waals surface area (Å²) in [5.74, 6) is 0. The fraction of sp³-hybridized carbons (Fsp3) is 0.0789. The van der Waals surface area contributed by atoms with Crippen LogP contribution in [-0.2, 0) is 5.41 Å². The normalized spacial score (nSPS) is 14.4. The van der Waals surface area contributed by atoms with Crippen molar-refractivity contribution in [2.45, 2.75) is 38.8 Å². The molecule has 5 aromatic carbocycles. The molecule has 0 saturated heterocycles. The molecule has 200 valence electrons. The summed E-state index contributed by atoms with van der Waals surface area (Å²) >= 11 is 5.66. The minimum absolute atomic E-state index is 0.00323. The summed E-state index contributed by atoms with van der Waals surface area (Å²) in [4.78, 5) is 10.6. The van der Waals surface area contributed by atoms with E-state index in [0.717, 1.165) is 17.0 Å². The quantitative estimate of drug-likeness (QED) is 0.198. The predicted molar refractivity (Wildman–Crippen MR) is 180 cm³/mol. The third-order valence-electron chi connectivity index (χ3n) is 8.77. The molecule has 1 aliphatic carbocycles. The second kappa shape index (κ2) is 9.08. The molecule has 1 nitrogen and oxygen atoms in total.